The smallest absolute Gasteiger partial charge is 0.342 e. The molecule has 0 bridgehead atoms. The molecule has 0 aliphatic heterocycles. The molecule has 14 heavy (non-hydrogen) atoms. The molecule has 1 nitrogen and oxygen atoms in total. The van der Waals surface area contributed by atoms with Crippen LogP contribution in [-0.4, -0.2) is 10.7 Å². The summed E-state index contributed by atoms with van der Waals surface area (Å²) in [5.41, 5.74) is 1.98. The molecule has 0 fully saturated rings. The number of alkyl halides is 3. The van der Waals surface area contributed by atoms with Crippen LogP contribution in [0.25, 0.3) is 0 Å². The fourth-order valence-electron chi connectivity index (χ4n) is 2.03. The average Bonchev–Trinajstić information content (AvgIpc) is 2.47. The lowest BCUT2D eigenvalue weighted by Crippen LogP contribution is -2.19. The first-order valence-corrected chi connectivity index (χ1v) is 4.80. The van der Waals surface area contributed by atoms with Gasteiger partial charge in [-0.05, 0) is 37.3 Å². The summed E-state index contributed by atoms with van der Waals surface area (Å²) in [6, 6.07) is 1.82. The second-order valence-corrected chi connectivity index (χ2v) is 3.74. The maximum atomic E-state index is 12.2. The second-order valence-electron chi connectivity index (χ2n) is 3.74. The standard InChI is InChI=1S/C10H12F3N/c11-10(12,13)7-14-6-5-8-3-1-2-4-9(8)14/h5-6H,1-4,7H2. The van der Waals surface area contributed by atoms with E-state index < -0.39 is 12.7 Å². The van der Waals surface area contributed by atoms with Gasteiger partial charge in [-0.1, -0.05) is 0 Å². The molecule has 1 aliphatic carbocycles. The maximum absolute atomic E-state index is 12.2. The van der Waals surface area contributed by atoms with E-state index >= 15 is 0 Å². The summed E-state index contributed by atoms with van der Waals surface area (Å²) >= 11 is 0. The average molecular weight is 203 g/mol. The number of aryl methyl sites for hydroxylation is 1. The number of hydrogen-bond acceptors (Lipinski definition) is 0. The predicted octanol–water partition coefficient (Wildman–Crippen LogP) is 2.93. The van der Waals surface area contributed by atoms with Crippen molar-refractivity contribution in [2.24, 2.45) is 0 Å². The minimum Gasteiger partial charge on any atom is -0.342 e. The zero-order chi connectivity index (χ0) is 10.2. The van der Waals surface area contributed by atoms with Crippen molar-refractivity contribution >= 4 is 0 Å². The van der Waals surface area contributed by atoms with Gasteiger partial charge >= 0.3 is 6.18 Å². The Kier molecular flexibility index (Phi) is 2.29. The summed E-state index contributed by atoms with van der Waals surface area (Å²) in [6.07, 6.45) is 1.28. The molecule has 0 saturated carbocycles. The summed E-state index contributed by atoms with van der Waals surface area (Å²) in [5, 5.41) is 0. The van der Waals surface area contributed by atoms with Crippen LogP contribution in [0.1, 0.15) is 24.1 Å². The number of aromatic nitrogens is 1. The van der Waals surface area contributed by atoms with Gasteiger partial charge in [0.25, 0.3) is 0 Å². The highest BCUT2D eigenvalue weighted by Gasteiger charge is 2.29. The van der Waals surface area contributed by atoms with Crippen molar-refractivity contribution in [2.45, 2.75) is 38.4 Å². The topological polar surface area (TPSA) is 4.93 Å². The molecule has 0 unspecified atom stereocenters. The first kappa shape index (κ1) is 9.62. The normalized spacial score (nSPS) is 16.8. The number of hydrogen-bond donors (Lipinski definition) is 0. The summed E-state index contributed by atoms with van der Waals surface area (Å²) < 4.78 is 37.8. The minimum atomic E-state index is -4.11. The summed E-state index contributed by atoms with van der Waals surface area (Å²) in [6.45, 7) is -0.845. The van der Waals surface area contributed by atoms with Crippen LogP contribution in [0.15, 0.2) is 12.3 Å². The van der Waals surface area contributed by atoms with Crippen molar-refractivity contribution in [2.75, 3.05) is 0 Å². The largest absolute Gasteiger partial charge is 0.406 e. The molecule has 0 spiro atoms. The van der Waals surface area contributed by atoms with Crippen molar-refractivity contribution in [3.63, 3.8) is 0 Å². The molecule has 1 aromatic rings. The molecule has 1 heterocycles. The minimum absolute atomic E-state index is 0.790. The first-order valence-electron chi connectivity index (χ1n) is 4.80. The Morgan fingerprint density at radius 3 is 2.64 bits per heavy atom. The highest BCUT2D eigenvalue weighted by atomic mass is 19.4. The second kappa shape index (κ2) is 3.33. The SMILES string of the molecule is FC(F)(F)Cn1ccc2c1CCCC2. The highest BCUT2D eigenvalue weighted by molar-refractivity contribution is 5.24. The molecule has 2 rings (SSSR count). The van der Waals surface area contributed by atoms with Crippen LogP contribution in [0, 0.1) is 0 Å². The number of fused-ring (bicyclic) bond motifs is 1. The monoisotopic (exact) mass is 203 g/mol. The molecule has 0 amide bonds. The molecular formula is C10H12F3N. The Balaban J connectivity index is 2.22. The fraction of sp³-hybridized carbons (Fsp3) is 0.600. The third kappa shape index (κ3) is 1.94. The van der Waals surface area contributed by atoms with Gasteiger partial charge < -0.3 is 4.57 Å². The van der Waals surface area contributed by atoms with E-state index in [1.54, 1.807) is 6.20 Å². The lowest BCUT2D eigenvalue weighted by Gasteiger charge is -2.16. The molecular weight excluding hydrogens is 191 g/mol. The zero-order valence-electron chi connectivity index (χ0n) is 7.77. The van der Waals surface area contributed by atoms with E-state index in [4.69, 9.17) is 0 Å². The number of nitrogens with zero attached hydrogens (tertiary/aromatic N) is 1. The van der Waals surface area contributed by atoms with E-state index in [2.05, 4.69) is 0 Å². The van der Waals surface area contributed by atoms with Crippen molar-refractivity contribution in [1.82, 2.24) is 4.57 Å². The van der Waals surface area contributed by atoms with Gasteiger partial charge in [0, 0.05) is 11.9 Å². The van der Waals surface area contributed by atoms with Gasteiger partial charge in [0.15, 0.2) is 0 Å². The summed E-state index contributed by atoms with van der Waals surface area (Å²) in [7, 11) is 0. The van der Waals surface area contributed by atoms with E-state index in [0.29, 0.717) is 0 Å². The van der Waals surface area contributed by atoms with Crippen LogP contribution >= 0.6 is 0 Å². The van der Waals surface area contributed by atoms with Crippen LogP contribution in [-0.2, 0) is 19.4 Å². The molecule has 0 aromatic carbocycles. The fourth-order valence-corrected chi connectivity index (χ4v) is 2.03. The third-order valence-corrected chi connectivity index (χ3v) is 2.63. The van der Waals surface area contributed by atoms with Gasteiger partial charge in [0.2, 0.25) is 0 Å². The molecule has 0 N–H and O–H groups in total. The Hall–Kier alpha value is -0.930. The zero-order valence-corrected chi connectivity index (χ0v) is 7.77. The van der Waals surface area contributed by atoms with E-state index in [0.717, 1.165) is 36.9 Å². The van der Waals surface area contributed by atoms with E-state index in [1.807, 2.05) is 6.07 Å². The number of halogens is 3. The Morgan fingerprint density at radius 2 is 1.93 bits per heavy atom. The van der Waals surface area contributed by atoms with Gasteiger partial charge in [0.1, 0.15) is 6.54 Å². The lowest BCUT2D eigenvalue weighted by molar-refractivity contribution is -0.141. The molecule has 0 radical (unpaired) electrons. The lowest BCUT2D eigenvalue weighted by atomic mass is 9.98. The van der Waals surface area contributed by atoms with E-state index in [1.165, 1.54) is 4.57 Å². The predicted molar refractivity (Wildman–Crippen MR) is 47.1 cm³/mol. The van der Waals surface area contributed by atoms with Gasteiger partial charge in [-0.2, -0.15) is 13.2 Å². The maximum Gasteiger partial charge on any atom is 0.406 e. The number of rotatable bonds is 1. The highest BCUT2D eigenvalue weighted by Crippen LogP contribution is 2.25. The van der Waals surface area contributed by atoms with Crippen LogP contribution in [0.3, 0.4) is 0 Å². The Bertz CT molecular complexity index is 325. The van der Waals surface area contributed by atoms with E-state index in [-0.39, 0.29) is 0 Å². The van der Waals surface area contributed by atoms with Gasteiger partial charge in [-0.3, -0.25) is 0 Å². The molecule has 0 atom stereocenters. The van der Waals surface area contributed by atoms with Gasteiger partial charge in [0.05, 0.1) is 0 Å². The van der Waals surface area contributed by atoms with Crippen LogP contribution in [0.2, 0.25) is 0 Å². The van der Waals surface area contributed by atoms with Crippen LogP contribution in [0.4, 0.5) is 13.2 Å². The Morgan fingerprint density at radius 1 is 1.21 bits per heavy atom. The third-order valence-electron chi connectivity index (χ3n) is 2.63. The molecule has 1 aromatic heterocycles. The molecule has 0 saturated heterocycles. The molecule has 78 valence electrons. The van der Waals surface area contributed by atoms with Crippen molar-refractivity contribution in [3.05, 3.63) is 23.5 Å². The van der Waals surface area contributed by atoms with Crippen LogP contribution < -0.4 is 0 Å². The van der Waals surface area contributed by atoms with Gasteiger partial charge in [-0.15, -0.1) is 0 Å². The van der Waals surface area contributed by atoms with Crippen molar-refractivity contribution in [1.29, 1.82) is 0 Å². The Labute approximate surface area is 80.5 Å². The van der Waals surface area contributed by atoms with Crippen molar-refractivity contribution in [3.8, 4) is 0 Å². The van der Waals surface area contributed by atoms with Gasteiger partial charge in [-0.25, -0.2) is 0 Å². The molecule has 1 aliphatic rings. The first-order chi connectivity index (χ1) is 6.56. The molecule has 4 heteroatoms. The van der Waals surface area contributed by atoms with Crippen LogP contribution in [0.5, 0.6) is 0 Å². The van der Waals surface area contributed by atoms with E-state index in [9.17, 15) is 13.2 Å². The summed E-state index contributed by atoms with van der Waals surface area (Å²) in [5.74, 6) is 0. The quantitative estimate of drug-likeness (QED) is 0.661. The summed E-state index contributed by atoms with van der Waals surface area (Å²) in [4.78, 5) is 0. The van der Waals surface area contributed by atoms with Crippen molar-refractivity contribution < 1.29 is 13.2 Å².